The van der Waals surface area contributed by atoms with Gasteiger partial charge in [0.1, 0.15) is 18.8 Å². The molecule has 2 bridgehead atoms. The molecule has 0 spiro atoms. The molecule has 7 heteroatoms. The standard InChI is InChI=1S/C28H20N6O/c1-3-7-19(8-4-1)16-33-25-12-11-21-13-23(25)28(32-33)34(21)27-22-14-26(29-15-24(22)30-18-31-27)35-17-20-9-5-2-6-10-20/h1-15,18H,16-17H2. The largest absolute Gasteiger partial charge is 0.473 e. The number of ether oxygens (including phenoxy) is 1. The summed E-state index contributed by atoms with van der Waals surface area (Å²) in [5.41, 5.74) is 6.05. The van der Waals surface area contributed by atoms with Crippen molar-refractivity contribution in [3.8, 4) is 11.7 Å². The minimum Gasteiger partial charge on any atom is -0.473 e. The van der Waals surface area contributed by atoms with E-state index in [-0.39, 0.29) is 0 Å². The van der Waals surface area contributed by atoms with E-state index in [0.717, 1.165) is 44.4 Å². The Morgan fingerprint density at radius 2 is 1.54 bits per heavy atom. The molecule has 0 aliphatic rings. The number of hydrogen-bond acceptors (Lipinski definition) is 5. The van der Waals surface area contributed by atoms with Gasteiger partial charge in [-0.25, -0.2) is 15.0 Å². The molecule has 4 heterocycles. The second kappa shape index (κ2) is 7.92. The van der Waals surface area contributed by atoms with E-state index in [1.807, 2.05) is 42.5 Å². The third kappa shape index (κ3) is 3.36. The molecule has 0 aliphatic heterocycles. The van der Waals surface area contributed by atoms with Gasteiger partial charge in [-0.05, 0) is 29.3 Å². The molecule has 0 saturated carbocycles. The molecule has 0 saturated heterocycles. The minimum absolute atomic E-state index is 0.442. The van der Waals surface area contributed by atoms with Gasteiger partial charge in [-0.3, -0.25) is 9.25 Å². The highest BCUT2D eigenvalue weighted by atomic mass is 16.5. The van der Waals surface area contributed by atoms with E-state index < -0.39 is 0 Å². The van der Waals surface area contributed by atoms with Gasteiger partial charge in [0.15, 0.2) is 5.65 Å². The number of pyridine rings is 1. The SMILES string of the molecule is c1ccc(COc2cc3c(-n4c5ccc6c(c5)c4nn6Cc4ccccc4)ncnc3cn2)cc1. The Hall–Kier alpha value is -4.78. The van der Waals surface area contributed by atoms with Crippen LogP contribution in [0.15, 0.2) is 97.5 Å². The van der Waals surface area contributed by atoms with Crippen molar-refractivity contribution in [2.24, 2.45) is 0 Å². The molecular weight excluding hydrogens is 436 g/mol. The number of fused-ring (bicyclic) bond motifs is 2. The normalized spacial score (nSPS) is 11.7. The maximum Gasteiger partial charge on any atom is 0.214 e. The summed E-state index contributed by atoms with van der Waals surface area (Å²) in [4.78, 5) is 13.6. The summed E-state index contributed by atoms with van der Waals surface area (Å²) in [6, 6.07) is 28.7. The fourth-order valence-electron chi connectivity index (χ4n) is 4.59. The van der Waals surface area contributed by atoms with Crippen LogP contribution in [0, 0.1) is 0 Å². The molecule has 3 aromatic carbocycles. The lowest BCUT2D eigenvalue weighted by Crippen LogP contribution is -2.05. The molecule has 7 aromatic rings. The summed E-state index contributed by atoms with van der Waals surface area (Å²) >= 11 is 0. The Kier molecular flexibility index (Phi) is 4.45. The van der Waals surface area contributed by atoms with Crippen LogP contribution < -0.4 is 4.74 Å². The molecule has 0 amide bonds. The van der Waals surface area contributed by atoms with Crippen LogP contribution in [0.1, 0.15) is 11.1 Å². The summed E-state index contributed by atoms with van der Waals surface area (Å²) in [5, 5.41) is 6.95. The zero-order valence-electron chi connectivity index (χ0n) is 18.7. The summed E-state index contributed by atoms with van der Waals surface area (Å²) in [5.74, 6) is 1.29. The summed E-state index contributed by atoms with van der Waals surface area (Å²) in [7, 11) is 0. The lowest BCUT2D eigenvalue weighted by atomic mass is 10.2. The van der Waals surface area contributed by atoms with Gasteiger partial charge in [-0.15, -0.1) is 0 Å². The van der Waals surface area contributed by atoms with Gasteiger partial charge in [-0.1, -0.05) is 60.7 Å². The van der Waals surface area contributed by atoms with E-state index in [1.165, 1.54) is 5.56 Å². The fourth-order valence-corrected chi connectivity index (χ4v) is 4.59. The van der Waals surface area contributed by atoms with Crippen LogP contribution in [0.25, 0.3) is 38.8 Å². The van der Waals surface area contributed by atoms with E-state index >= 15 is 0 Å². The van der Waals surface area contributed by atoms with Gasteiger partial charge >= 0.3 is 0 Å². The predicted octanol–water partition coefficient (Wildman–Crippen LogP) is 5.38. The van der Waals surface area contributed by atoms with Gasteiger partial charge in [0.25, 0.3) is 0 Å². The Bertz CT molecular complexity index is 1770. The zero-order chi connectivity index (χ0) is 23.2. The van der Waals surface area contributed by atoms with Crippen molar-refractivity contribution < 1.29 is 4.74 Å². The maximum atomic E-state index is 5.99. The van der Waals surface area contributed by atoms with E-state index in [2.05, 4.69) is 66.7 Å². The van der Waals surface area contributed by atoms with E-state index in [4.69, 9.17) is 9.84 Å². The topological polar surface area (TPSA) is 70.7 Å². The molecule has 0 N–H and O–H groups in total. The van der Waals surface area contributed by atoms with Gasteiger partial charge in [0.2, 0.25) is 5.88 Å². The maximum absolute atomic E-state index is 5.99. The van der Waals surface area contributed by atoms with Crippen LogP contribution in [-0.4, -0.2) is 29.3 Å². The van der Waals surface area contributed by atoms with Crippen LogP contribution in [0.4, 0.5) is 0 Å². The molecule has 4 aromatic heterocycles. The Morgan fingerprint density at radius 1 is 0.743 bits per heavy atom. The van der Waals surface area contributed by atoms with E-state index in [9.17, 15) is 0 Å². The zero-order valence-corrected chi connectivity index (χ0v) is 18.7. The molecule has 168 valence electrons. The van der Waals surface area contributed by atoms with Crippen molar-refractivity contribution in [3.63, 3.8) is 0 Å². The summed E-state index contributed by atoms with van der Waals surface area (Å²) in [6.07, 6.45) is 3.30. The highest BCUT2D eigenvalue weighted by Crippen LogP contribution is 2.33. The van der Waals surface area contributed by atoms with Crippen LogP contribution in [0.5, 0.6) is 5.88 Å². The summed E-state index contributed by atoms with van der Waals surface area (Å²) < 4.78 is 10.1. The first-order valence-corrected chi connectivity index (χ1v) is 11.5. The third-order valence-electron chi connectivity index (χ3n) is 6.28. The lowest BCUT2D eigenvalue weighted by Gasteiger charge is -2.11. The molecule has 35 heavy (non-hydrogen) atoms. The first kappa shape index (κ1) is 19.7. The third-order valence-corrected chi connectivity index (χ3v) is 6.28. The Morgan fingerprint density at radius 3 is 2.37 bits per heavy atom. The van der Waals surface area contributed by atoms with E-state index in [0.29, 0.717) is 19.0 Å². The van der Waals surface area contributed by atoms with E-state index in [1.54, 1.807) is 12.5 Å². The van der Waals surface area contributed by atoms with Crippen LogP contribution >= 0.6 is 0 Å². The number of rotatable bonds is 6. The highest BCUT2D eigenvalue weighted by Gasteiger charge is 2.20. The average Bonchev–Trinajstić information content (AvgIpc) is 3.39. The second-order valence-electron chi connectivity index (χ2n) is 8.51. The molecule has 7 rings (SSSR count). The molecular formula is C28H20N6O. The minimum atomic E-state index is 0.442. The van der Waals surface area contributed by atoms with Crippen LogP contribution in [-0.2, 0) is 13.2 Å². The fraction of sp³-hybridized carbons (Fsp3) is 0.0714. The summed E-state index contributed by atoms with van der Waals surface area (Å²) in [6.45, 7) is 1.15. The lowest BCUT2D eigenvalue weighted by molar-refractivity contribution is 0.294. The van der Waals surface area contributed by atoms with Crippen LogP contribution in [0.2, 0.25) is 0 Å². The molecule has 0 fully saturated rings. The van der Waals surface area contributed by atoms with Gasteiger partial charge in [0, 0.05) is 11.5 Å². The monoisotopic (exact) mass is 456 g/mol. The smallest absolute Gasteiger partial charge is 0.214 e. The number of hydrogen-bond donors (Lipinski definition) is 0. The first-order valence-electron chi connectivity index (χ1n) is 11.5. The van der Waals surface area contributed by atoms with Gasteiger partial charge in [-0.2, -0.15) is 5.10 Å². The number of benzene rings is 3. The second-order valence-corrected chi connectivity index (χ2v) is 8.51. The van der Waals surface area contributed by atoms with Crippen molar-refractivity contribution in [3.05, 3.63) is 109 Å². The molecule has 0 aliphatic carbocycles. The molecule has 0 unspecified atom stereocenters. The van der Waals surface area contributed by atoms with Crippen LogP contribution in [0.3, 0.4) is 0 Å². The predicted molar refractivity (Wildman–Crippen MR) is 135 cm³/mol. The van der Waals surface area contributed by atoms with Crippen molar-refractivity contribution in [2.45, 2.75) is 13.2 Å². The number of aromatic nitrogens is 6. The Balaban J connectivity index is 1.32. The van der Waals surface area contributed by atoms with Crippen molar-refractivity contribution in [2.75, 3.05) is 0 Å². The first-order chi connectivity index (χ1) is 17.3. The molecule has 7 nitrogen and oxygen atoms in total. The van der Waals surface area contributed by atoms with Gasteiger partial charge in [0.05, 0.1) is 34.7 Å². The molecule has 0 atom stereocenters. The van der Waals surface area contributed by atoms with Crippen molar-refractivity contribution in [1.29, 1.82) is 0 Å². The van der Waals surface area contributed by atoms with Gasteiger partial charge < -0.3 is 4.74 Å². The van der Waals surface area contributed by atoms with Crippen molar-refractivity contribution in [1.82, 2.24) is 29.3 Å². The molecule has 0 radical (unpaired) electrons. The van der Waals surface area contributed by atoms with Crippen molar-refractivity contribution >= 4 is 33.0 Å². The highest BCUT2D eigenvalue weighted by molar-refractivity contribution is 6.01. The number of nitrogens with zero attached hydrogens (tertiary/aromatic N) is 6. The average molecular weight is 457 g/mol. The Labute approximate surface area is 200 Å². The quantitative estimate of drug-likeness (QED) is 0.336.